The van der Waals surface area contributed by atoms with Crippen molar-refractivity contribution in [3.63, 3.8) is 0 Å². The number of nitrogens with zero attached hydrogens (tertiary/aromatic N) is 2. The molecule has 1 aromatic rings. The van der Waals surface area contributed by atoms with Crippen molar-refractivity contribution in [3.05, 3.63) is 29.8 Å². The predicted molar refractivity (Wildman–Crippen MR) is 119 cm³/mol. The Kier molecular flexibility index (Phi) is 8.66. The summed E-state index contributed by atoms with van der Waals surface area (Å²) in [5.74, 6) is 1.92. The van der Waals surface area contributed by atoms with Gasteiger partial charge in [-0.3, -0.25) is 9.79 Å². The molecule has 7 heteroatoms. The number of amides is 1. The van der Waals surface area contributed by atoms with Crippen molar-refractivity contribution in [3.8, 4) is 5.75 Å². The molecule has 1 saturated heterocycles. The van der Waals surface area contributed by atoms with E-state index in [0.29, 0.717) is 31.5 Å². The van der Waals surface area contributed by atoms with Gasteiger partial charge in [-0.15, -0.1) is 24.0 Å². The zero-order chi connectivity index (χ0) is 18.4. The molecule has 1 fully saturated rings. The average molecular weight is 486 g/mol. The molecular weight excluding hydrogens is 455 g/mol. The number of ether oxygens (including phenoxy) is 1. The monoisotopic (exact) mass is 486 g/mol. The molecular formula is C20H31IN4O2. The van der Waals surface area contributed by atoms with Gasteiger partial charge in [0.2, 0.25) is 5.91 Å². The van der Waals surface area contributed by atoms with Crippen LogP contribution in [0, 0.1) is 0 Å². The highest BCUT2D eigenvalue weighted by molar-refractivity contribution is 14.0. The van der Waals surface area contributed by atoms with Gasteiger partial charge < -0.3 is 20.3 Å². The number of rotatable bonds is 5. The summed E-state index contributed by atoms with van der Waals surface area (Å²) < 4.78 is 5.93. The van der Waals surface area contributed by atoms with E-state index in [1.165, 1.54) is 12.0 Å². The standard InChI is InChI=1S/C20H30N4O2.HI/c1-15-7-5-6-12-24(15)19(25)10-11-22-20(21-2)23-14-17-13-16-8-3-4-9-18(16)26-17;/h3-4,8-9,15,17H,5-7,10-14H2,1-2H3,(H2,21,22,23);1H. The van der Waals surface area contributed by atoms with E-state index >= 15 is 0 Å². The Morgan fingerprint density at radius 2 is 2.11 bits per heavy atom. The molecule has 6 nitrogen and oxygen atoms in total. The molecule has 0 spiro atoms. The number of aliphatic imine (C=N–C) groups is 1. The first-order valence-electron chi connectivity index (χ1n) is 9.66. The first-order chi connectivity index (χ1) is 12.7. The van der Waals surface area contributed by atoms with Crippen molar-refractivity contribution in [1.82, 2.24) is 15.5 Å². The predicted octanol–water partition coefficient (Wildman–Crippen LogP) is 2.56. The van der Waals surface area contributed by atoms with Gasteiger partial charge in [0.15, 0.2) is 5.96 Å². The Hall–Kier alpha value is -1.51. The molecule has 0 aromatic heterocycles. The number of hydrogen-bond acceptors (Lipinski definition) is 3. The highest BCUT2D eigenvalue weighted by atomic mass is 127. The Bertz CT molecular complexity index is 628. The maximum Gasteiger partial charge on any atom is 0.224 e. The van der Waals surface area contributed by atoms with Gasteiger partial charge in [-0.1, -0.05) is 18.2 Å². The van der Waals surface area contributed by atoms with Gasteiger partial charge in [0.05, 0.1) is 6.54 Å². The summed E-state index contributed by atoms with van der Waals surface area (Å²) in [6, 6.07) is 8.52. The molecule has 2 heterocycles. The smallest absolute Gasteiger partial charge is 0.224 e. The summed E-state index contributed by atoms with van der Waals surface area (Å²) in [6.45, 7) is 4.32. The average Bonchev–Trinajstić information content (AvgIpc) is 3.07. The lowest BCUT2D eigenvalue weighted by molar-refractivity contribution is -0.134. The van der Waals surface area contributed by atoms with E-state index in [4.69, 9.17) is 4.74 Å². The van der Waals surface area contributed by atoms with Crippen LogP contribution >= 0.6 is 24.0 Å². The third-order valence-electron chi connectivity index (χ3n) is 5.19. The first-order valence-corrected chi connectivity index (χ1v) is 9.66. The lowest BCUT2D eigenvalue weighted by Gasteiger charge is -2.33. The SMILES string of the molecule is CN=C(NCCC(=O)N1CCCCC1C)NCC1Cc2ccccc2O1.I. The first kappa shape index (κ1) is 21.8. The molecule has 3 rings (SSSR count). The Labute approximate surface area is 179 Å². The number of likely N-dealkylation sites (tertiary alicyclic amines) is 1. The largest absolute Gasteiger partial charge is 0.488 e. The van der Waals surface area contributed by atoms with Crippen LogP contribution in [-0.4, -0.2) is 55.6 Å². The lowest BCUT2D eigenvalue weighted by atomic mass is 10.0. The quantitative estimate of drug-likeness (QED) is 0.382. The lowest BCUT2D eigenvalue weighted by Crippen LogP contribution is -2.45. The van der Waals surface area contributed by atoms with E-state index in [2.05, 4.69) is 28.6 Å². The summed E-state index contributed by atoms with van der Waals surface area (Å²) in [5, 5.41) is 6.53. The number of hydrogen-bond donors (Lipinski definition) is 2. The summed E-state index contributed by atoms with van der Waals surface area (Å²) in [4.78, 5) is 18.6. The van der Waals surface area contributed by atoms with E-state index < -0.39 is 0 Å². The van der Waals surface area contributed by atoms with Gasteiger partial charge in [-0.2, -0.15) is 0 Å². The third-order valence-corrected chi connectivity index (χ3v) is 5.19. The fourth-order valence-electron chi connectivity index (χ4n) is 3.70. The number of halogens is 1. The van der Waals surface area contributed by atoms with E-state index in [9.17, 15) is 4.79 Å². The number of para-hydroxylation sites is 1. The Morgan fingerprint density at radius 1 is 1.30 bits per heavy atom. The number of benzene rings is 1. The van der Waals surface area contributed by atoms with Crippen LogP contribution in [-0.2, 0) is 11.2 Å². The summed E-state index contributed by atoms with van der Waals surface area (Å²) in [6.07, 6.45) is 4.99. The van der Waals surface area contributed by atoms with Gasteiger partial charge in [-0.05, 0) is 37.8 Å². The number of nitrogens with one attached hydrogen (secondary N) is 2. The molecule has 2 atom stereocenters. The topological polar surface area (TPSA) is 66.0 Å². The molecule has 0 saturated carbocycles. The molecule has 2 N–H and O–H groups in total. The molecule has 0 aliphatic carbocycles. The van der Waals surface area contributed by atoms with Crippen molar-refractivity contribution in [1.29, 1.82) is 0 Å². The second-order valence-electron chi connectivity index (χ2n) is 7.11. The third kappa shape index (κ3) is 5.99. The minimum atomic E-state index is 0. The van der Waals surface area contributed by atoms with E-state index in [1.807, 2.05) is 23.1 Å². The highest BCUT2D eigenvalue weighted by Gasteiger charge is 2.23. The van der Waals surface area contributed by atoms with Gasteiger partial charge in [0.1, 0.15) is 11.9 Å². The molecule has 2 unspecified atom stereocenters. The maximum atomic E-state index is 12.4. The van der Waals surface area contributed by atoms with Gasteiger partial charge in [0.25, 0.3) is 0 Å². The fraction of sp³-hybridized carbons (Fsp3) is 0.600. The second-order valence-corrected chi connectivity index (χ2v) is 7.11. The van der Waals surface area contributed by atoms with Gasteiger partial charge in [-0.25, -0.2) is 0 Å². The molecule has 1 aromatic carbocycles. The molecule has 2 aliphatic heterocycles. The van der Waals surface area contributed by atoms with Crippen LogP contribution in [0.15, 0.2) is 29.3 Å². The van der Waals surface area contributed by atoms with E-state index in [-0.39, 0.29) is 36.0 Å². The number of carbonyl (C=O) groups is 1. The Balaban J connectivity index is 0.00000261. The number of fused-ring (bicyclic) bond motifs is 1. The normalized spacial score (nSPS) is 21.7. The summed E-state index contributed by atoms with van der Waals surface area (Å²) >= 11 is 0. The molecule has 2 aliphatic rings. The minimum absolute atomic E-state index is 0. The summed E-state index contributed by atoms with van der Waals surface area (Å²) in [7, 11) is 1.74. The molecule has 1 amide bonds. The van der Waals surface area contributed by atoms with Crippen molar-refractivity contribution in [2.24, 2.45) is 4.99 Å². The molecule has 27 heavy (non-hydrogen) atoms. The summed E-state index contributed by atoms with van der Waals surface area (Å²) in [5.41, 5.74) is 1.25. The van der Waals surface area contributed by atoms with Crippen LogP contribution in [0.4, 0.5) is 0 Å². The zero-order valence-corrected chi connectivity index (χ0v) is 18.6. The number of piperidine rings is 1. The van der Waals surface area contributed by atoms with Crippen molar-refractivity contribution < 1.29 is 9.53 Å². The van der Waals surface area contributed by atoms with Crippen LogP contribution in [0.5, 0.6) is 5.75 Å². The van der Waals surface area contributed by atoms with Crippen LogP contribution in [0.3, 0.4) is 0 Å². The Morgan fingerprint density at radius 3 is 2.85 bits per heavy atom. The number of carbonyl (C=O) groups excluding carboxylic acids is 1. The van der Waals surface area contributed by atoms with Gasteiger partial charge in [0, 0.05) is 39.0 Å². The maximum absolute atomic E-state index is 12.4. The second kappa shape index (κ2) is 10.7. The minimum Gasteiger partial charge on any atom is -0.488 e. The molecule has 150 valence electrons. The van der Waals surface area contributed by atoms with Gasteiger partial charge >= 0.3 is 0 Å². The van der Waals surface area contributed by atoms with Crippen LogP contribution in [0.2, 0.25) is 0 Å². The van der Waals surface area contributed by atoms with Crippen molar-refractivity contribution in [2.45, 2.75) is 51.2 Å². The molecule has 0 bridgehead atoms. The zero-order valence-electron chi connectivity index (χ0n) is 16.2. The number of guanidine groups is 1. The fourth-order valence-corrected chi connectivity index (χ4v) is 3.70. The molecule has 0 radical (unpaired) electrons. The van der Waals surface area contributed by atoms with Crippen molar-refractivity contribution in [2.75, 3.05) is 26.7 Å². The van der Waals surface area contributed by atoms with Crippen LogP contribution in [0.1, 0.15) is 38.2 Å². The van der Waals surface area contributed by atoms with E-state index in [1.54, 1.807) is 7.05 Å². The van der Waals surface area contributed by atoms with E-state index in [0.717, 1.165) is 31.6 Å². The van der Waals surface area contributed by atoms with Crippen molar-refractivity contribution >= 4 is 35.8 Å². The van der Waals surface area contributed by atoms with Crippen LogP contribution in [0.25, 0.3) is 0 Å². The van der Waals surface area contributed by atoms with Crippen LogP contribution < -0.4 is 15.4 Å². The highest BCUT2D eigenvalue weighted by Crippen LogP contribution is 2.27.